The molecule has 3 nitrogen and oxygen atoms in total. The number of hydrogen-bond donors (Lipinski definition) is 1. The van der Waals surface area contributed by atoms with Crippen LogP contribution in [0.4, 0.5) is 5.69 Å². The molecule has 0 saturated carbocycles. The highest BCUT2D eigenvalue weighted by Gasteiger charge is 2.07. The third-order valence-corrected chi connectivity index (χ3v) is 5.13. The highest BCUT2D eigenvalue weighted by atomic mass is 32.2. The molecule has 4 heteroatoms. The molecule has 0 spiro atoms. The van der Waals surface area contributed by atoms with Gasteiger partial charge in [0, 0.05) is 21.0 Å². The number of carbonyl (C=O) groups is 1. The van der Waals surface area contributed by atoms with E-state index in [2.05, 4.69) is 37.4 Å². The molecule has 0 bridgehead atoms. The van der Waals surface area contributed by atoms with Crippen molar-refractivity contribution in [2.45, 2.75) is 23.6 Å². The zero-order chi connectivity index (χ0) is 18.5. The maximum atomic E-state index is 12.3. The van der Waals surface area contributed by atoms with Gasteiger partial charge in [-0.1, -0.05) is 29.5 Å². The van der Waals surface area contributed by atoms with Crippen LogP contribution in [0.25, 0.3) is 0 Å². The lowest BCUT2D eigenvalue weighted by atomic mass is 10.1. The number of benzene rings is 3. The van der Waals surface area contributed by atoms with Crippen LogP contribution in [0, 0.1) is 25.2 Å². The normalized spacial score (nSPS) is 10.2. The van der Waals surface area contributed by atoms with E-state index in [9.17, 15) is 4.79 Å². The second kappa shape index (κ2) is 7.90. The number of amides is 1. The minimum atomic E-state index is -0.190. The molecule has 0 heterocycles. The van der Waals surface area contributed by atoms with Crippen molar-refractivity contribution < 1.29 is 4.79 Å². The van der Waals surface area contributed by atoms with E-state index in [1.807, 2.05) is 30.3 Å². The fraction of sp³-hybridized carbons (Fsp3) is 0.0909. The Balaban J connectivity index is 1.67. The maximum absolute atomic E-state index is 12.3. The minimum absolute atomic E-state index is 0.190. The van der Waals surface area contributed by atoms with Gasteiger partial charge < -0.3 is 5.32 Å². The maximum Gasteiger partial charge on any atom is 0.255 e. The Morgan fingerprint density at radius 2 is 1.65 bits per heavy atom. The van der Waals surface area contributed by atoms with Crippen LogP contribution in [0.2, 0.25) is 0 Å². The lowest BCUT2D eigenvalue weighted by Crippen LogP contribution is -2.11. The van der Waals surface area contributed by atoms with Crippen molar-refractivity contribution in [2.75, 3.05) is 5.32 Å². The molecule has 0 unspecified atom stereocenters. The van der Waals surface area contributed by atoms with Crippen LogP contribution >= 0.6 is 11.8 Å². The third kappa shape index (κ3) is 4.33. The van der Waals surface area contributed by atoms with Crippen LogP contribution in [-0.4, -0.2) is 5.91 Å². The molecule has 0 aliphatic rings. The molecule has 1 amide bonds. The minimum Gasteiger partial charge on any atom is -0.322 e. The first-order chi connectivity index (χ1) is 12.5. The summed E-state index contributed by atoms with van der Waals surface area (Å²) in [6, 6.07) is 22.8. The summed E-state index contributed by atoms with van der Waals surface area (Å²) in [7, 11) is 0. The van der Waals surface area contributed by atoms with Gasteiger partial charge in [0.1, 0.15) is 0 Å². The van der Waals surface area contributed by atoms with E-state index in [0.29, 0.717) is 11.1 Å². The molecule has 3 rings (SSSR count). The molecule has 0 aliphatic heterocycles. The first kappa shape index (κ1) is 17.8. The van der Waals surface area contributed by atoms with E-state index >= 15 is 0 Å². The van der Waals surface area contributed by atoms with Gasteiger partial charge in [0.25, 0.3) is 5.91 Å². The van der Waals surface area contributed by atoms with Crippen LogP contribution in [0.1, 0.15) is 27.0 Å². The van der Waals surface area contributed by atoms with E-state index in [1.54, 1.807) is 36.0 Å². The van der Waals surface area contributed by atoms with Gasteiger partial charge in [0.2, 0.25) is 0 Å². The molecule has 3 aromatic rings. The number of rotatable bonds is 4. The predicted molar refractivity (Wildman–Crippen MR) is 106 cm³/mol. The molecular weight excluding hydrogens is 340 g/mol. The highest BCUT2D eigenvalue weighted by Crippen LogP contribution is 2.31. The van der Waals surface area contributed by atoms with Crippen LogP contribution in [0.15, 0.2) is 76.5 Å². The monoisotopic (exact) mass is 358 g/mol. The van der Waals surface area contributed by atoms with Crippen molar-refractivity contribution in [3.63, 3.8) is 0 Å². The first-order valence-corrected chi connectivity index (χ1v) is 9.03. The molecule has 3 aromatic carbocycles. The van der Waals surface area contributed by atoms with Crippen molar-refractivity contribution in [3.8, 4) is 6.07 Å². The standard InChI is InChI=1S/C22H18N2OS/c1-15-3-12-21(16(2)13-15)26-20-10-8-19(9-11-20)24-22(25)18-6-4-17(14-23)5-7-18/h3-13H,1-2H3,(H,24,25). The first-order valence-electron chi connectivity index (χ1n) is 8.22. The summed E-state index contributed by atoms with van der Waals surface area (Å²) in [6.45, 7) is 4.20. The SMILES string of the molecule is Cc1ccc(Sc2ccc(NC(=O)c3ccc(C#N)cc3)cc2)c(C)c1. The van der Waals surface area contributed by atoms with Gasteiger partial charge in [-0.2, -0.15) is 5.26 Å². The second-order valence-electron chi connectivity index (χ2n) is 6.04. The second-order valence-corrected chi connectivity index (χ2v) is 7.15. The quantitative estimate of drug-likeness (QED) is 0.662. The van der Waals surface area contributed by atoms with Gasteiger partial charge in [0.05, 0.1) is 11.6 Å². The van der Waals surface area contributed by atoms with Crippen molar-refractivity contribution in [2.24, 2.45) is 0 Å². The summed E-state index contributed by atoms with van der Waals surface area (Å²) >= 11 is 1.71. The molecule has 0 saturated heterocycles. The number of carbonyl (C=O) groups excluding carboxylic acids is 1. The molecule has 0 aromatic heterocycles. The van der Waals surface area contributed by atoms with E-state index in [4.69, 9.17) is 5.26 Å². The number of aryl methyl sites for hydroxylation is 2. The van der Waals surface area contributed by atoms with E-state index < -0.39 is 0 Å². The fourth-order valence-electron chi connectivity index (χ4n) is 2.55. The Morgan fingerprint density at radius 3 is 2.27 bits per heavy atom. The van der Waals surface area contributed by atoms with Gasteiger partial charge in [-0.15, -0.1) is 0 Å². The van der Waals surface area contributed by atoms with Gasteiger partial charge in [0.15, 0.2) is 0 Å². The molecule has 0 radical (unpaired) electrons. The largest absolute Gasteiger partial charge is 0.322 e. The van der Waals surface area contributed by atoms with Gasteiger partial charge in [-0.25, -0.2) is 0 Å². The van der Waals surface area contributed by atoms with E-state index in [1.165, 1.54) is 16.0 Å². The third-order valence-electron chi connectivity index (χ3n) is 3.95. The molecule has 0 aliphatic carbocycles. The van der Waals surface area contributed by atoms with Crippen LogP contribution in [-0.2, 0) is 0 Å². The molecule has 26 heavy (non-hydrogen) atoms. The highest BCUT2D eigenvalue weighted by molar-refractivity contribution is 7.99. The lowest BCUT2D eigenvalue weighted by Gasteiger charge is -2.09. The zero-order valence-electron chi connectivity index (χ0n) is 14.6. The van der Waals surface area contributed by atoms with Crippen molar-refractivity contribution >= 4 is 23.4 Å². The molecular formula is C22H18N2OS. The summed E-state index contributed by atoms with van der Waals surface area (Å²) in [6.07, 6.45) is 0. The molecule has 0 atom stereocenters. The predicted octanol–water partition coefficient (Wildman–Crippen LogP) is 5.58. The van der Waals surface area contributed by atoms with Crippen LogP contribution in [0.5, 0.6) is 0 Å². The molecule has 1 N–H and O–H groups in total. The number of nitriles is 1. The molecule has 128 valence electrons. The van der Waals surface area contributed by atoms with Crippen molar-refractivity contribution in [3.05, 3.63) is 89.0 Å². The fourth-order valence-corrected chi connectivity index (χ4v) is 3.43. The average molecular weight is 358 g/mol. The number of anilines is 1. The molecule has 0 fully saturated rings. The van der Waals surface area contributed by atoms with Crippen LogP contribution in [0.3, 0.4) is 0 Å². The Labute approximate surface area is 157 Å². The number of nitrogens with one attached hydrogen (secondary N) is 1. The summed E-state index contributed by atoms with van der Waals surface area (Å²) < 4.78 is 0. The average Bonchev–Trinajstić information content (AvgIpc) is 2.65. The zero-order valence-corrected chi connectivity index (χ0v) is 15.4. The Kier molecular flexibility index (Phi) is 5.40. The van der Waals surface area contributed by atoms with Gasteiger partial charge in [-0.05, 0) is 74.0 Å². The summed E-state index contributed by atoms with van der Waals surface area (Å²) in [5.41, 5.74) is 4.32. The Morgan fingerprint density at radius 1 is 0.962 bits per heavy atom. The topological polar surface area (TPSA) is 52.9 Å². The number of nitrogens with zero attached hydrogens (tertiary/aromatic N) is 1. The Hall–Kier alpha value is -3.03. The van der Waals surface area contributed by atoms with E-state index in [0.717, 1.165) is 10.6 Å². The summed E-state index contributed by atoms with van der Waals surface area (Å²) in [5, 5.41) is 11.7. The Bertz CT molecular complexity index is 971. The van der Waals surface area contributed by atoms with Gasteiger partial charge >= 0.3 is 0 Å². The van der Waals surface area contributed by atoms with E-state index in [-0.39, 0.29) is 5.91 Å². The summed E-state index contributed by atoms with van der Waals surface area (Å²) in [4.78, 5) is 14.6. The van der Waals surface area contributed by atoms with Gasteiger partial charge in [-0.3, -0.25) is 4.79 Å². The summed E-state index contributed by atoms with van der Waals surface area (Å²) in [5.74, 6) is -0.190. The van der Waals surface area contributed by atoms with Crippen LogP contribution < -0.4 is 5.32 Å². The smallest absolute Gasteiger partial charge is 0.255 e. The van der Waals surface area contributed by atoms with Crippen molar-refractivity contribution in [1.29, 1.82) is 5.26 Å². The number of hydrogen-bond acceptors (Lipinski definition) is 3. The lowest BCUT2D eigenvalue weighted by molar-refractivity contribution is 0.102. The van der Waals surface area contributed by atoms with Crippen molar-refractivity contribution in [1.82, 2.24) is 0 Å².